The van der Waals surface area contributed by atoms with Gasteiger partial charge in [-0.3, -0.25) is 9.59 Å². The maximum Gasteiger partial charge on any atom is 0.309 e. The average Bonchev–Trinajstić information content (AvgIpc) is 2.48. The zero-order valence-electron chi connectivity index (χ0n) is 12.2. The van der Waals surface area contributed by atoms with Crippen LogP contribution in [-0.2, 0) is 22.7 Å². The van der Waals surface area contributed by atoms with Gasteiger partial charge in [0, 0.05) is 25.2 Å². The van der Waals surface area contributed by atoms with Gasteiger partial charge in [0.1, 0.15) is 23.3 Å². The molecule has 2 N–H and O–H groups in total. The van der Waals surface area contributed by atoms with Crippen LogP contribution in [0, 0.1) is 23.3 Å². The molecule has 2 aromatic rings. The van der Waals surface area contributed by atoms with Crippen molar-refractivity contribution >= 4 is 11.8 Å². The Kier molecular flexibility index (Phi) is 5.51. The Balaban J connectivity index is 1.86. The van der Waals surface area contributed by atoms with E-state index in [1.165, 1.54) is 0 Å². The molecule has 0 aliphatic rings. The highest BCUT2D eigenvalue weighted by atomic mass is 19.1. The lowest BCUT2D eigenvalue weighted by atomic mass is 10.2. The van der Waals surface area contributed by atoms with Gasteiger partial charge in [0.15, 0.2) is 0 Å². The first kappa shape index (κ1) is 17.5. The minimum absolute atomic E-state index is 0.140. The van der Waals surface area contributed by atoms with Crippen LogP contribution in [0.4, 0.5) is 17.6 Å². The van der Waals surface area contributed by atoms with E-state index in [1.807, 2.05) is 0 Å². The highest BCUT2D eigenvalue weighted by Crippen LogP contribution is 2.08. The van der Waals surface area contributed by atoms with Gasteiger partial charge in [-0.1, -0.05) is 0 Å². The SMILES string of the molecule is O=C(NCc1cc(F)cc(F)c1)C(=O)NCc1cc(F)cc(F)c1. The van der Waals surface area contributed by atoms with E-state index < -0.39 is 35.1 Å². The maximum atomic E-state index is 13.0. The maximum absolute atomic E-state index is 13.0. The first-order valence-electron chi connectivity index (χ1n) is 6.79. The normalized spacial score (nSPS) is 10.3. The quantitative estimate of drug-likeness (QED) is 0.662. The Morgan fingerprint density at radius 1 is 0.625 bits per heavy atom. The molecule has 2 aromatic carbocycles. The summed E-state index contributed by atoms with van der Waals surface area (Å²) in [5.74, 6) is -5.32. The van der Waals surface area contributed by atoms with Crippen LogP contribution in [0.3, 0.4) is 0 Å². The lowest BCUT2D eigenvalue weighted by Crippen LogP contribution is -2.39. The van der Waals surface area contributed by atoms with Crippen LogP contribution in [0.1, 0.15) is 11.1 Å². The highest BCUT2D eigenvalue weighted by Gasteiger charge is 2.13. The molecular formula is C16H12F4N2O2. The van der Waals surface area contributed by atoms with E-state index in [4.69, 9.17) is 0 Å². The van der Waals surface area contributed by atoms with Crippen LogP contribution in [-0.4, -0.2) is 11.8 Å². The molecule has 0 aliphatic heterocycles. The molecule has 0 saturated heterocycles. The molecule has 0 radical (unpaired) electrons. The summed E-state index contributed by atoms with van der Waals surface area (Å²) in [6.45, 7) is -0.509. The number of hydrogen-bond donors (Lipinski definition) is 2. The van der Waals surface area contributed by atoms with Gasteiger partial charge in [0.05, 0.1) is 0 Å². The number of rotatable bonds is 4. The van der Waals surface area contributed by atoms with Crippen LogP contribution < -0.4 is 10.6 Å². The van der Waals surface area contributed by atoms with Gasteiger partial charge in [-0.2, -0.15) is 0 Å². The molecule has 126 valence electrons. The van der Waals surface area contributed by atoms with Crippen molar-refractivity contribution in [1.82, 2.24) is 10.6 Å². The fraction of sp³-hybridized carbons (Fsp3) is 0.125. The fourth-order valence-electron chi connectivity index (χ4n) is 1.95. The van der Waals surface area contributed by atoms with E-state index in [-0.39, 0.29) is 24.2 Å². The summed E-state index contributed by atoms with van der Waals surface area (Å²) < 4.78 is 52.0. The van der Waals surface area contributed by atoms with Crippen molar-refractivity contribution in [1.29, 1.82) is 0 Å². The van der Waals surface area contributed by atoms with Gasteiger partial charge in [-0.05, 0) is 35.4 Å². The molecule has 0 spiro atoms. The monoisotopic (exact) mass is 340 g/mol. The summed E-state index contributed by atoms with van der Waals surface area (Å²) >= 11 is 0. The summed E-state index contributed by atoms with van der Waals surface area (Å²) in [6, 6.07) is 5.40. The summed E-state index contributed by atoms with van der Waals surface area (Å²) in [5, 5.41) is 4.36. The minimum Gasteiger partial charge on any atom is -0.344 e. The van der Waals surface area contributed by atoms with Crippen molar-refractivity contribution in [2.45, 2.75) is 13.1 Å². The van der Waals surface area contributed by atoms with E-state index in [9.17, 15) is 27.2 Å². The number of hydrogen-bond acceptors (Lipinski definition) is 2. The zero-order chi connectivity index (χ0) is 17.7. The van der Waals surface area contributed by atoms with E-state index >= 15 is 0 Å². The predicted octanol–water partition coefficient (Wildman–Crippen LogP) is 2.18. The molecule has 0 atom stereocenters. The fourth-order valence-corrected chi connectivity index (χ4v) is 1.95. The van der Waals surface area contributed by atoms with Gasteiger partial charge in [0.2, 0.25) is 0 Å². The third-order valence-corrected chi connectivity index (χ3v) is 2.96. The summed E-state index contributed by atoms with van der Waals surface area (Å²) in [7, 11) is 0. The molecule has 0 heterocycles. The lowest BCUT2D eigenvalue weighted by Gasteiger charge is -2.07. The van der Waals surface area contributed by atoms with Crippen molar-refractivity contribution in [3.63, 3.8) is 0 Å². The predicted molar refractivity (Wildman–Crippen MR) is 76.4 cm³/mol. The third-order valence-electron chi connectivity index (χ3n) is 2.96. The third kappa shape index (κ3) is 5.08. The Labute approximate surface area is 134 Å². The number of halogens is 4. The molecule has 0 unspecified atom stereocenters. The van der Waals surface area contributed by atoms with Crippen LogP contribution in [0.25, 0.3) is 0 Å². The van der Waals surface area contributed by atoms with Gasteiger partial charge in [0.25, 0.3) is 0 Å². The Morgan fingerprint density at radius 3 is 1.21 bits per heavy atom. The number of carbonyl (C=O) groups excluding carboxylic acids is 2. The van der Waals surface area contributed by atoms with E-state index in [2.05, 4.69) is 10.6 Å². The topological polar surface area (TPSA) is 58.2 Å². The number of nitrogens with one attached hydrogen (secondary N) is 2. The van der Waals surface area contributed by atoms with Crippen LogP contribution >= 0.6 is 0 Å². The molecule has 0 aliphatic carbocycles. The summed E-state index contributed by atoms with van der Waals surface area (Å²) in [5.41, 5.74) is 0.279. The van der Waals surface area contributed by atoms with Gasteiger partial charge >= 0.3 is 11.8 Å². The van der Waals surface area contributed by atoms with Gasteiger partial charge in [-0.25, -0.2) is 17.6 Å². The highest BCUT2D eigenvalue weighted by molar-refractivity contribution is 6.35. The molecule has 4 nitrogen and oxygen atoms in total. The summed E-state index contributed by atoms with van der Waals surface area (Å²) in [4.78, 5) is 23.2. The second-order valence-corrected chi connectivity index (χ2v) is 4.92. The Hall–Kier alpha value is -2.90. The van der Waals surface area contributed by atoms with E-state index in [0.29, 0.717) is 12.1 Å². The van der Waals surface area contributed by atoms with Crippen LogP contribution in [0.2, 0.25) is 0 Å². The van der Waals surface area contributed by atoms with Crippen molar-refractivity contribution in [2.75, 3.05) is 0 Å². The first-order chi connectivity index (χ1) is 11.3. The second kappa shape index (κ2) is 7.58. The van der Waals surface area contributed by atoms with Crippen molar-refractivity contribution in [3.05, 3.63) is 70.8 Å². The molecule has 0 fully saturated rings. The molecule has 2 rings (SSSR count). The van der Waals surface area contributed by atoms with Crippen molar-refractivity contribution in [2.24, 2.45) is 0 Å². The number of amides is 2. The molecule has 2 amide bonds. The molecule has 0 aromatic heterocycles. The van der Waals surface area contributed by atoms with Gasteiger partial charge in [-0.15, -0.1) is 0 Å². The molecule has 24 heavy (non-hydrogen) atoms. The number of benzene rings is 2. The molecule has 0 bridgehead atoms. The lowest BCUT2D eigenvalue weighted by molar-refractivity contribution is -0.139. The zero-order valence-corrected chi connectivity index (χ0v) is 12.2. The number of carbonyl (C=O) groups is 2. The first-order valence-corrected chi connectivity index (χ1v) is 6.79. The standard InChI is InChI=1S/C16H12F4N2O2/c17-11-1-9(2-12(18)5-11)7-21-15(23)16(24)22-8-10-3-13(19)6-14(20)4-10/h1-6H,7-8H2,(H,21,23)(H,22,24). The molecule has 8 heteroatoms. The smallest absolute Gasteiger partial charge is 0.309 e. The largest absolute Gasteiger partial charge is 0.344 e. The second-order valence-electron chi connectivity index (χ2n) is 4.92. The van der Waals surface area contributed by atoms with Crippen molar-refractivity contribution in [3.8, 4) is 0 Å². The Bertz CT molecular complexity index is 675. The van der Waals surface area contributed by atoms with Crippen LogP contribution in [0.5, 0.6) is 0 Å². The van der Waals surface area contributed by atoms with Crippen LogP contribution in [0.15, 0.2) is 36.4 Å². The minimum atomic E-state index is -1.04. The molecule has 0 saturated carbocycles. The van der Waals surface area contributed by atoms with Gasteiger partial charge < -0.3 is 10.6 Å². The van der Waals surface area contributed by atoms with E-state index in [1.54, 1.807) is 0 Å². The average molecular weight is 340 g/mol. The molecular weight excluding hydrogens is 328 g/mol. The Morgan fingerprint density at radius 2 is 0.917 bits per heavy atom. The summed E-state index contributed by atoms with van der Waals surface area (Å²) in [6.07, 6.45) is 0. The van der Waals surface area contributed by atoms with Crippen molar-refractivity contribution < 1.29 is 27.2 Å². The van der Waals surface area contributed by atoms with E-state index in [0.717, 1.165) is 24.3 Å².